The van der Waals surface area contributed by atoms with Crippen molar-refractivity contribution in [1.82, 2.24) is 15.1 Å². The van der Waals surface area contributed by atoms with E-state index in [2.05, 4.69) is 5.32 Å². The molecular weight excluding hydrogens is 368 g/mol. The monoisotopic (exact) mass is 393 g/mol. The summed E-state index contributed by atoms with van der Waals surface area (Å²) in [4.78, 5) is 40.1. The number of hydrogen-bond donors (Lipinski definition) is 1. The van der Waals surface area contributed by atoms with Crippen LogP contribution in [0.2, 0.25) is 0 Å². The minimum Gasteiger partial charge on any atom is -0.349 e. The predicted molar refractivity (Wildman–Crippen MR) is 98.5 cm³/mol. The Morgan fingerprint density at radius 2 is 1.86 bits per heavy atom. The number of amides is 3. The molecule has 1 N–H and O–H groups in total. The van der Waals surface area contributed by atoms with Crippen LogP contribution in [0.5, 0.6) is 0 Å². The van der Waals surface area contributed by atoms with Gasteiger partial charge in [-0.05, 0) is 24.0 Å². The first-order valence-corrected chi connectivity index (χ1v) is 9.49. The number of nitrogens with zero attached hydrogens (tertiary/aromatic N) is 2. The van der Waals surface area contributed by atoms with Crippen LogP contribution < -0.4 is 5.32 Å². The van der Waals surface area contributed by atoms with Crippen LogP contribution in [0.1, 0.15) is 37.8 Å². The number of halogens is 2. The lowest BCUT2D eigenvalue weighted by molar-refractivity contribution is -0.147. The van der Waals surface area contributed by atoms with Crippen LogP contribution in [0.25, 0.3) is 0 Å². The molecule has 0 aromatic heterocycles. The Hall–Kier alpha value is -2.51. The molecular formula is C20H25F2N3O3. The van der Waals surface area contributed by atoms with Crippen molar-refractivity contribution in [3.05, 3.63) is 35.4 Å². The molecule has 28 heavy (non-hydrogen) atoms. The van der Waals surface area contributed by atoms with Gasteiger partial charge in [-0.2, -0.15) is 8.78 Å². The Kier molecular flexibility index (Phi) is 5.67. The third kappa shape index (κ3) is 4.15. The molecule has 1 fully saturated rings. The molecule has 0 radical (unpaired) electrons. The summed E-state index contributed by atoms with van der Waals surface area (Å²) in [6.07, 6.45) is 1.79. The standard InChI is InChI=1S/C20H25F2N3O3/c1-13(26)25-12-15-7-4-3-6-14(15)10-17(25)18(27)24-9-5-8-16(24)11-23-19(28)20(2,21)22/h3-4,6-7,16-17H,5,8-12H2,1-2H3,(H,23,28). The van der Waals surface area contributed by atoms with Gasteiger partial charge in [-0.1, -0.05) is 24.3 Å². The molecule has 152 valence electrons. The number of carbonyl (C=O) groups is 3. The number of rotatable bonds is 4. The largest absolute Gasteiger partial charge is 0.349 e. The zero-order valence-electron chi connectivity index (χ0n) is 16.1. The fourth-order valence-electron chi connectivity index (χ4n) is 3.97. The maximum atomic E-state index is 13.2. The Morgan fingerprint density at radius 1 is 1.18 bits per heavy atom. The third-order valence-electron chi connectivity index (χ3n) is 5.50. The van der Waals surface area contributed by atoms with E-state index in [4.69, 9.17) is 0 Å². The number of nitrogens with one attached hydrogen (secondary N) is 1. The van der Waals surface area contributed by atoms with Crippen molar-refractivity contribution in [3.8, 4) is 0 Å². The van der Waals surface area contributed by atoms with Gasteiger partial charge in [0.25, 0.3) is 5.91 Å². The highest BCUT2D eigenvalue weighted by Gasteiger charge is 2.40. The van der Waals surface area contributed by atoms with Crippen LogP contribution in [0.3, 0.4) is 0 Å². The second kappa shape index (κ2) is 7.85. The van der Waals surface area contributed by atoms with Crippen LogP contribution in [-0.4, -0.2) is 58.6 Å². The van der Waals surface area contributed by atoms with Gasteiger partial charge in [-0.3, -0.25) is 14.4 Å². The lowest BCUT2D eigenvalue weighted by Crippen LogP contribution is -2.55. The number of carbonyl (C=O) groups excluding carboxylic acids is 3. The van der Waals surface area contributed by atoms with E-state index in [1.54, 1.807) is 9.80 Å². The molecule has 1 aromatic rings. The topological polar surface area (TPSA) is 69.7 Å². The van der Waals surface area contributed by atoms with E-state index in [9.17, 15) is 23.2 Å². The van der Waals surface area contributed by atoms with Crippen molar-refractivity contribution in [1.29, 1.82) is 0 Å². The summed E-state index contributed by atoms with van der Waals surface area (Å²) in [6, 6.07) is 6.76. The lowest BCUT2D eigenvalue weighted by atomic mass is 9.93. The van der Waals surface area contributed by atoms with Gasteiger partial charge in [-0.15, -0.1) is 0 Å². The van der Waals surface area contributed by atoms with E-state index >= 15 is 0 Å². The average molecular weight is 393 g/mol. The Morgan fingerprint density at radius 3 is 2.50 bits per heavy atom. The van der Waals surface area contributed by atoms with Crippen LogP contribution in [-0.2, 0) is 27.3 Å². The maximum Gasteiger partial charge on any atom is 0.321 e. The molecule has 2 atom stereocenters. The Balaban J connectivity index is 1.74. The molecule has 2 aliphatic rings. The molecule has 2 heterocycles. The van der Waals surface area contributed by atoms with Crippen molar-refractivity contribution < 1.29 is 23.2 Å². The van der Waals surface area contributed by atoms with Crippen LogP contribution >= 0.6 is 0 Å². The van der Waals surface area contributed by atoms with E-state index in [-0.39, 0.29) is 24.4 Å². The number of benzene rings is 1. The van der Waals surface area contributed by atoms with Crippen LogP contribution in [0.4, 0.5) is 8.78 Å². The summed E-state index contributed by atoms with van der Waals surface area (Å²) in [5.41, 5.74) is 2.06. The number of fused-ring (bicyclic) bond motifs is 1. The highest BCUT2D eigenvalue weighted by molar-refractivity contribution is 5.88. The second-order valence-electron chi connectivity index (χ2n) is 7.56. The van der Waals surface area contributed by atoms with Gasteiger partial charge in [0, 0.05) is 45.9 Å². The zero-order chi connectivity index (χ0) is 20.5. The minimum absolute atomic E-state index is 0.0165. The first-order chi connectivity index (χ1) is 13.2. The normalized spacial score (nSPS) is 22.0. The van der Waals surface area contributed by atoms with Gasteiger partial charge >= 0.3 is 5.92 Å². The van der Waals surface area contributed by atoms with Crippen LogP contribution in [0.15, 0.2) is 24.3 Å². The highest BCUT2D eigenvalue weighted by atomic mass is 19.3. The molecule has 0 saturated carbocycles. The third-order valence-corrected chi connectivity index (χ3v) is 5.50. The number of hydrogen-bond acceptors (Lipinski definition) is 3. The van der Waals surface area contributed by atoms with Crippen molar-refractivity contribution >= 4 is 17.7 Å². The van der Waals surface area contributed by atoms with E-state index in [1.807, 2.05) is 24.3 Å². The summed E-state index contributed by atoms with van der Waals surface area (Å²) in [6.45, 7) is 2.84. The van der Waals surface area contributed by atoms with Gasteiger partial charge in [-0.25, -0.2) is 0 Å². The van der Waals surface area contributed by atoms with Gasteiger partial charge in [0.2, 0.25) is 11.8 Å². The number of alkyl halides is 2. The van der Waals surface area contributed by atoms with Crippen LogP contribution in [0, 0.1) is 0 Å². The fraction of sp³-hybridized carbons (Fsp3) is 0.550. The molecule has 1 aromatic carbocycles. The second-order valence-corrected chi connectivity index (χ2v) is 7.56. The molecule has 3 amide bonds. The van der Waals surface area contributed by atoms with Crippen molar-refractivity contribution in [2.45, 2.75) is 57.7 Å². The molecule has 0 aliphatic carbocycles. The first kappa shape index (κ1) is 20.2. The Bertz CT molecular complexity index is 778. The van der Waals surface area contributed by atoms with E-state index in [0.29, 0.717) is 32.9 Å². The van der Waals surface area contributed by atoms with E-state index in [1.165, 1.54) is 6.92 Å². The molecule has 3 rings (SSSR count). The minimum atomic E-state index is -3.45. The molecule has 1 saturated heterocycles. The van der Waals surface area contributed by atoms with Crippen molar-refractivity contribution in [3.63, 3.8) is 0 Å². The molecule has 0 spiro atoms. The first-order valence-electron chi connectivity index (χ1n) is 9.49. The summed E-state index contributed by atoms with van der Waals surface area (Å²) in [5.74, 6) is -5.16. The summed E-state index contributed by atoms with van der Waals surface area (Å²) < 4.78 is 26.2. The molecule has 0 bridgehead atoms. The summed E-state index contributed by atoms with van der Waals surface area (Å²) in [7, 11) is 0. The van der Waals surface area contributed by atoms with Gasteiger partial charge in [0.15, 0.2) is 0 Å². The fourth-order valence-corrected chi connectivity index (χ4v) is 3.97. The summed E-state index contributed by atoms with van der Waals surface area (Å²) >= 11 is 0. The van der Waals surface area contributed by atoms with Gasteiger partial charge in [0.1, 0.15) is 6.04 Å². The summed E-state index contributed by atoms with van der Waals surface area (Å²) in [5, 5.41) is 2.24. The smallest absolute Gasteiger partial charge is 0.321 e. The number of likely N-dealkylation sites (tertiary alicyclic amines) is 1. The highest BCUT2D eigenvalue weighted by Crippen LogP contribution is 2.27. The molecule has 2 aliphatic heterocycles. The van der Waals surface area contributed by atoms with Crippen molar-refractivity contribution in [2.24, 2.45) is 0 Å². The maximum absolute atomic E-state index is 13.2. The SMILES string of the molecule is CC(=O)N1Cc2ccccc2CC1C(=O)N1CCCC1CNC(=O)C(C)(F)F. The lowest BCUT2D eigenvalue weighted by Gasteiger charge is -2.38. The molecule has 8 heteroatoms. The van der Waals surface area contributed by atoms with E-state index < -0.39 is 17.9 Å². The van der Waals surface area contributed by atoms with Crippen molar-refractivity contribution in [2.75, 3.05) is 13.1 Å². The Labute approximate surface area is 162 Å². The van der Waals surface area contributed by atoms with Gasteiger partial charge in [0.05, 0.1) is 0 Å². The zero-order valence-corrected chi connectivity index (χ0v) is 16.1. The van der Waals surface area contributed by atoms with E-state index in [0.717, 1.165) is 17.5 Å². The molecule has 2 unspecified atom stereocenters. The predicted octanol–water partition coefficient (Wildman–Crippen LogP) is 1.72. The quantitative estimate of drug-likeness (QED) is 0.847. The van der Waals surface area contributed by atoms with Gasteiger partial charge < -0.3 is 15.1 Å². The average Bonchev–Trinajstić information content (AvgIpc) is 3.12. The molecule has 6 nitrogen and oxygen atoms in total.